The van der Waals surface area contributed by atoms with Gasteiger partial charge in [0.1, 0.15) is 5.82 Å². The summed E-state index contributed by atoms with van der Waals surface area (Å²) in [4.78, 5) is 0. The van der Waals surface area contributed by atoms with Crippen LogP contribution in [0, 0.1) is 5.82 Å². The Morgan fingerprint density at radius 3 is 2.42 bits per heavy atom. The molecule has 0 unspecified atom stereocenters. The Morgan fingerprint density at radius 1 is 1.08 bits per heavy atom. The van der Waals surface area contributed by atoms with E-state index in [0.29, 0.717) is 5.56 Å². The van der Waals surface area contributed by atoms with Gasteiger partial charge in [-0.25, -0.2) is 17.5 Å². The first-order valence-electron chi connectivity index (χ1n) is 7.69. The maximum absolute atomic E-state index is 13.6. The van der Waals surface area contributed by atoms with Gasteiger partial charge in [-0.15, -0.1) is 0 Å². The molecule has 0 heterocycles. The van der Waals surface area contributed by atoms with Crippen LogP contribution in [-0.2, 0) is 29.2 Å². The van der Waals surface area contributed by atoms with E-state index >= 15 is 0 Å². The summed E-state index contributed by atoms with van der Waals surface area (Å²) in [7, 11) is -3.84. The Morgan fingerprint density at radius 2 is 1.77 bits per heavy atom. The lowest BCUT2D eigenvalue weighted by Crippen LogP contribution is -2.37. The number of halogens is 4. The average Bonchev–Trinajstić information content (AvgIpc) is 2.54. The van der Waals surface area contributed by atoms with Gasteiger partial charge in [-0.2, -0.15) is 13.2 Å². The van der Waals surface area contributed by atoms with E-state index in [1.54, 1.807) is 6.07 Å². The number of hydrogen-bond acceptors (Lipinski definition) is 3. The van der Waals surface area contributed by atoms with Gasteiger partial charge in [-0.3, -0.25) is 0 Å². The van der Waals surface area contributed by atoms with Crippen LogP contribution in [0.3, 0.4) is 0 Å². The average molecular weight is 390 g/mol. The normalized spacial score (nSPS) is 13.6. The van der Waals surface area contributed by atoms with Crippen LogP contribution in [0.1, 0.15) is 16.7 Å². The zero-order valence-corrected chi connectivity index (χ0v) is 14.4. The van der Waals surface area contributed by atoms with Gasteiger partial charge < -0.3 is 5.73 Å². The molecule has 2 aromatic rings. The third kappa shape index (κ3) is 6.08. The summed E-state index contributed by atoms with van der Waals surface area (Å²) in [6, 6.07) is 9.41. The summed E-state index contributed by atoms with van der Waals surface area (Å²) in [6.45, 7) is -0.293. The molecule has 2 rings (SSSR count). The zero-order valence-electron chi connectivity index (χ0n) is 13.6. The lowest BCUT2D eigenvalue weighted by atomic mass is 10.1. The van der Waals surface area contributed by atoms with Gasteiger partial charge in [-0.05, 0) is 29.7 Å². The topological polar surface area (TPSA) is 72.2 Å². The van der Waals surface area contributed by atoms with Crippen molar-refractivity contribution in [2.24, 2.45) is 5.73 Å². The molecule has 3 N–H and O–H groups in total. The highest BCUT2D eigenvalue weighted by molar-refractivity contribution is 7.89. The van der Waals surface area contributed by atoms with Gasteiger partial charge in [0.15, 0.2) is 0 Å². The van der Waals surface area contributed by atoms with E-state index in [4.69, 9.17) is 5.73 Å². The van der Waals surface area contributed by atoms with Crippen LogP contribution in [0.15, 0.2) is 48.5 Å². The van der Waals surface area contributed by atoms with Crippen LogP contribution in [0.25, 0.3) is 0 Å². The SMILES string of the molecule is N[C@H](Cc1ccccc1F)CS(=O)(=O)NCc1cccc(C(F)(F)F)c1. The van der Waals surface area contributed by atoms with Crippen LogP contribution in [-0.4, -0.2) is 20.2 Å². The minimum atomic E-state index is -4.50. The van der Waals surface area contributed by atoms with E-state index in [9.17, 15) is 26.0 Å². The van der Waals surface area contributed by atoms with Crippen LogP contribution < -0.4 is 10.5 Å². The summed E-state index contributed by atoms with van der Waals surface area (Å²) in [5, 5.41) is 0. The Balaban J connectivity index is 1.95. The molecule has 0 aliphatic carbocycles. The quantitative estimate of drug-likeness (QED) is 0.714. The molecule has 0 radical (unpaired) electrons. The number of benzene rings is 2. The second-order valence-corrected chi connectivity index (χ2v) is 7.71. The Hall–Kier alpha value is -1.97. The highest BCUT2D eigenvalue weighted by atomic mass is 32.2. The first-order valence-corrected chi connectivity index (χ1v) is 9.34. The molecule has 2 aromatic carbocycles. The molecule has 0 saturated carbocycles. The molecule has 142 valence electrons. The molecule has 9 heteroatoms. The van der Waals surface area contributed by atoms with Crippen LogP contribution >= 0.6 is 0 Å². The van der Waals surface area contributed by atoms with Gasteiger partial charge in [0.2, 0.25) is 10.0 Å². The highest BCUT2D eigenvalue weighted by Crippen LogP contribution is 2.29. The standard InChI is InChI=1S/C17H18F4N2O2S/c18-16-7-2-1-5-13(16)9-15(22)11-26(24,25)23-10-12-4-3-6-14(8-12)17(19,20)21/h1-8,15,23H,9-11,22H2/t15-/m1/s1. The lowest BCUT2D eigenvalue weighted by molar-refractivity contribution is -0.137. The summed E-state index contributed by atoms with van der Waals surface area (Å²) in [5.74, 6) is -0.947. The first-order chi connectivity index (χ1) is 12.1. The summed E-state index contributed by atoms with van der Waals surface area (Å²) >= 11 is 0. The van der Waals surface area contributed by atoms with Crippen molar-refractivity contribution in [3.05, 3.63) is 71.0 Å². The lowest BCUT2D eigenvalue weighted by Gasteiger charge is -2.14. The van der Waals surface area contributed by atoms with Gasteiger partial charge in [0.25, 0.3) is 0 Å². The minimum Gasteiger partial charge on any atom is -0.326 e. The molecule has 0 aliphatic heterocycles. The first kappa shape index (κ1) is 20.3. The Kier molecular flexibility index (Phi) is 6.38. The molecule has 0 fully saturated rings. The number of rotatable bonds is 7. The smallest absolute Gasteiger partial charge is 0.326 e. The molecule has 0 spiro atoms. The second kappa shape index (κ2) is 8.15. The zero-order chi connectivity index (χ0) is 19.4. The maximum atomic E-state index is 13.6. The van der Waals surface area contributed by atoms with E-state index in [-0.39, 0.29) is 18.5 Å². The van der Waals surface area contributed by atoms with Gasteiger partial charge in [-0.1, -0.05) is 36.4 Å². The molecule has 4 nitrogen and oxygen atoms in total. The monoisotopic (exact) mass is 390 g/mol. The maximum Gasteiger partial charge on any atom is 0.416 e. The number of hydrogen-bond donors (Lipinski definition) is 2. The number of nitrogens with one attached hydrogen (secondary N) is 1. The molecule has 1 atom stereocenters. The molecular weight excluding hydrogens is 372 g/mol. The molecule has 0 aromatic heterocycles. The number of sulfonamides is 1. The summed E-state index contributed by atoms with van der Waals surface area (Å²) < 4.78 is 77.9. The predicted molar refractivity (Wildman–Crippen MR) is 90.1 cm³/mol. The molecule has 0 aliphatic rings. The third-order valence-electron chi connectivity index (χ3n) is 3.62. The van der Waals surface area contributed by atoms with E-state index in [1.807, 2.05) is 0 Å². The Labute approximate surface area is 149 Å². The predicted octanol–water partition coefficient (Wildman–Crippen LogP) is 2.83. The molecule has 0 saturated heterocycles. The van der Waals surface area contributed by atoms with Crippen LogP contribution in [0.2, 0.25) is 0 Å². The fraction of sp³-hybridized carbons (Fsp3) is 0.294. The number of nitrogens with two attached hydrogens (primary N) is 1. The van der Waals surface area contributed by atoms with Crippen molar-refractivity contribution in [2.45, 2.75) is 25.2 Å². The van der Waals surface area contributed by atoms with E-state index < -0.39 is 39.4 Å². The van der Waals surface area contributed by atoms with E-state index in [2.05, 4.69) is 4.72 Å². The van der Waals surface area contributed by atoms with Gasteiger partial charge >= 0.3 is 6.18 Å². The van der Waals surface area contributed by atoms with Crippen molar-refractivity contribution in [3.8, 4) is 0 Å². The summed E-state index contributed by atoms with van der Waals surface area (Å²) in [5.41, 5.74) is 5.39. The van der Waals surface area contributed by atoms with Crippen molar-refractivity contribution in [1.29, 1.82) is 0 Å². The molecule has 26 heavy (non-hydrogen) atoms. The van der Waals surface area contributed by atoms with Crippen molar-refractivity contribution < 1.29 is 26.0 Å². The number of alkyl halides is 3. The van der Waals surface area contributed by atoms with Crippen molar-refractivity contribution in [3.63, 3.8) is 0 Å². The van der Waals surface area contributed by atoms with Crippen LogP contribution in [0.4, 0.5) is 17.6 Å². The van der Waals surface area contributed by atoms with E-state index in [1.165, 1.54) is 30.3 Å². The van der Waals surface area contributed by atoms with Crippen molar-refractivity contribution in [2.75, 3.05) is 5.75 Å². The fourth-order valence-corrected chi connectivity index (χ4v) is 3.58. The minimum absolute atomic E-state index is 0.0249. The van der Waals surface area contributed by atoms with Crippen molar-refractivity contribution in [1.82, 2.24) is 4.72 Å². The Bertz CT molecular complexity index is 854. The molecular formula is C17H18F4N2O2S. The second-order valence-electron chi connectivity index (χ2n) is 5.86. The van der Waals surface area contributed by atoms with Gasteiger partial charge in [0.05, 0.1) is 11.3 Å². The van der Waals surface area contributed by atoms with Crippen molar-refractivity contribution >= 4 is 10.0 Å². The largest absolute Gasteiger partial charge is 0.416 e. The van der Waals surface area contributed by atoms with Gasteiger partial charge in [0, 0.05) is 12.6 Å². The van der Waals surface area contributed by atoms with E-state index in [0.717, 1.165) is 12.1 Å². The highest BCUT2D eigenvalue weighted by Gasteiger charge is 2.30. The third-order valence-corrected chi connectivity index (χ3v) is 5.08. The summed E-state index contributed by atoms with van der Waals surface area (Å²) in [6.07, 6.45) is -4.48. The fourth-order valence-electron chi connectivity index (χ4n) is 2.40. The molecule has 0 amide bonds. The van der Waals surface area contributed by atoms with Crippen LogP contribution in [0.5, 0.6) is 0 Å². The molecule has 0 bridgehead atoms.